The smallest absolute Gasteiger partial charge is 0.120 e. The van der Waals surface area contributed by atoms with Gasteiger partial charge in [-0.1, -0.05) is 42.0 Å². The van der Waals surface area contributed by atoms with Gasteiger partial charge in [0.05, 0.1) is 12.1 Å². The van der Waals surface area contributed by atoms with Gasteiger partial charge in [0.2, 0.25) is 0 Å². The van der Waals surface area contributed by atoms with Crippen LogP contribution in [0.25, 0.3) is 0 Å². The molecule has 0 spiro atoms. The zero-order valence-corrected chi connectivity index (χ0v) is 12.4. The Hall–Kier alpha value is -1.84. The molecule has 2 aromatic rings. The maximum Gasteiger partial charge on any atom is 0.120 e. The molecule has 1 aliphatic carbocycles. The average Bonchev–Trinajstić information content (AvgIpc) is 3.31. The largest absolute Gasteiger partial charge is 0.490 e. The fourth-order valence-corrected chi connectivity index (χ4v) is 2.42. The minimum absolute atomic E-state index is 0.0930. The van der Waals surface area contributed by atoms with Gasteiger partial charge in [-0.25, -0.2) is 0 Å². The average molecular weight is 282 g/mol. The Morgan fingerprint density at radius 1 is 1.19 bits per heavy atom. The maximum absolute atomic E-state index is 5.86. The highest BCUT2D eigenvalue weighted by Crippen LogP contribution is 2.29. The minimum Gasteiger partial charge on any atom is -0.490 e. The first-order valence-electron chi connectivity index (χ1n) is 7.53. The Bertz CT molecular complexity index is 590. The highest BCUT2D eigenvalue weighted by Gasteiger charge is 2.23. The molecular weight excluding hydrogens is 260 g/mol. The van der Waals surface area contributed by atoms with Crippen LogP contribution in [-0.4, -0.2) is 6.10 Å². The van der Waals surface area contributed by atoms with E-state index in [1.807, 2.05) is 12.1 Å². The summed E-state index contributed by atoms with van der Waals surface area (Å²) in [6, 6.07) is 16.9. The Kier molecular flexibility index (Phi) is 4.23. The van der Waals surface area contributed by atoms with E-state index < -0.39 is 0 Å². The molecule has 3 rings (SSSR count). The van der Waals surface area contributed by atoms with Crippen molar-refractivity contribution < 1.29 is 4.74 Å². The fourth-order valence-electron chi connectivity index (χ4n) is 2.42. The van der Waals surface area contributed by atoms with Crippen molar-refractivity contribution in [2.75, 3.05) is 0 Å². The van der Waals surface area contributed by atoms with Crippen molar-refractivity contribution in [3.8, 4) is 5.75 Å². The van der Waals surface area contributed by atoms with Crippen LogP contribution in [0.4, 0.5) is 0 Å². The summed E-state index contributed by atoms with van der Waals surface area (Å²) >= 11 is 0. The van der Waals surface area contributed by atoms with Crippen LogP contribution in [0.2, 0.25) is 0 Å². The van der Waals surface area contributed by atoms with Crippen LogP contribution in [0.5, 0.6) is 5.75 Å². The van der Waals surface area contributed by atoms with E-state index in [9.17, 15) is 0 Å². The van der Waals surface area contributed by atoms with E-state index in [1.165, 1.54) is 24.0 Å². The van der Waals surface area contributed by atoms with E-state index in [0.717, 1.165) is 17.7 Å². The highest BCUT2D eigenvalue weighted by atomic mass is 16.5. The van der Waals surface area contributed by atoms with Gasteiger partial charge >= 0.3 is 0 Å². The molecule has 3 heteroatoms. The summed E-state index contributed by atoms with van der Waals surface area (Å²) in [6.07, 6.45) is 3.63. The van der Waals surface area contributed by atoms with Crippen LogP contribution in [0, 0.1) is 6.92 Å². The van der Waals surface area contributed by atoms with Crippen molar-refractivity contribution in [3.05, 3.63) is 65.2 Å². The normalized spacial score (nSPS) is 15.7. The number of ether oxygens (including phenoxy) is 1. The molecule has 0 amide bonds. The molecule has 1 fully saturated rings. The molecule has 0 heterocycles. The third kappa shape index (κ3) is 3.84. The molecule has 0 saturated heterocycles. The number of hydrogen-bond acceptors (Lipinski definition) is 3. The summed E-state index contributed by atoms with van der Waals surface area (Å²) in [6.45, 7) is 2.10. The third-order valence-corrected chi connectivity index (χ3v) is 3.85. The molecule has 0 aliphatic heterocycles. The summed E-state index contributed by atoms with van der Waals surface area (Å²) in [5.41, 5.74) is 6.63. The van der Waals surface area contributed by atoms with Gasteiger partial charge in [-0.15, -0.1) is 0 Å². The molecule has 3 nitrogen and oxygen atoms in total. The molecule has 0 radical (unpaired) electrons. The fraction of sp³-hybridized carbons (Fsp3) is 0.333. The quantitative estimate of drug-likeness (QED) is 0.631. The molecule has 2 aromatic carbocycles. The summed E-state index contributed by atoms with van der Waals surface area (Å²) in [7, 11) is 0. The zero-order valence-electron chi connectivity index (χ0n) is 12.4. The zero-order chi connectivity index (χ0) is 14.7. The topological polar surface area (TPSA) is 47.3 Å². The molecule has 1 atom stereocenters. The first kappa shape index (κ1) is 14.1. The standard InChI is InChI=1S/C18H22N2O/c1-13-5-7-14(8-6-13)11-18(20-19)15-3-2-4-17(12-15)21-16-9-10-16/h2-8,12,16,18,20H,9-11,19H2,1H3. The second kappa shape index (κ2) is 6.29. The Labute approximate surface area is 126 Å². The van der Waals surface area contributed by atoms with Crippen LogP contribution in [0.1, 0.15) is 35.6 Å². The van der Waals surface area contributed by atoms with E-state index in [2.05, 4.69) is 48.7 Å². The van der Waals surface area contributed by atoms with E-state index in [0.29, 0.717) is 6.10 Å². The molecule has 110 valence electrons. The van der Waals surface area contributed by atoms with Gasteiger partial charge in [-0.2, -0.15) is 0 Å². The van der Waals surface area contributed by atoms with Gasteiger partial charge < -0.3 is 4.74 Å². The Morgan fingerprint density at radius 3 is 2.62 bits per heavy atom. The number of hydrazine groups is 1. The van der Waals surface area contributed by atoms with Crippen molar-refractivity contribution in [3.63, 3.8) is 0 Å². The van der Waals surface area contributed by atoms with Gasteiger partial charge in [0, 0.05) is 0 Å². The molecule has 1 unspecified atom stereocenters. The summed E-state index contributed by atoms with van der Waals surface area (Å²) in [5.74, 6) is 6.70. The van der Waals surface area contributed by atoms with Crippen LogP contribution >= 0.6 is 0 Å². The molecule has 0 bridgehead atoms. The SMILES string of the molecule is Cc1ccc(CC(NN)c2cccc(OC3CC3)c2)cc1. The molecule has 21 heavy (non-hydrogen) atoms. The van der Waals surface area contributed by atoms with Gasteiger partial charge in [-0.3, -0.25) is 11.3 Å². The Balaban J connectivity index is 1.73. The predicted molar refractivity (Wildman–Crippen MR) is 85.0 cm³/mol. The van der Waals surface area contributed by atoms with E-state index in [1.54, 1.807) is 0 Å². The molecule has 1 saturated carbocycles. The van der Waals surface area contributed by atoms with Crippen molar-refractivity contribution in [2.24, 2.45) is 5.84 Å². The molecule has 0 aromatic heterocycles. The summed E-state index contributed by atoms with van der Waals surface area (Å²) in [5, 5.41) is 0. The number of rotatable bonds is 6. The number of benzene rings is 2. The second-order valence-corrected chi connectivity index (χ2v) is 5.80. The van der Waals surface area contributed by atoms with Crippen molar-refractivity contribution >= 4 is 0 Å². The first-order chi connectivity index (χ1) is 10.2. The van der Waals surface area contributed by atoms with Gasteiger partial charge in [0.1, 0.15) is 5.75 Å². The van der Waals surface area contributed by atoms with Crippen LogP contribution in [0.15, 0.2) is 48.5 Å². The summed E-state index contributed by atoms with van der Waals surface area (Å²) in [4.78, 5) is 0. The molecule has 1 aliphatic rings. The van der Waals surface area contributed by atoms with Crippen molar-refractivity contribution in [1.29, 1.82) is 0 Å². The van der Waals surface area contributed by atoms with Crippen LogP contribution in [0.3, 0.4) is 0 Å². The maximum atomic E-state index is 5.86. The van der Waals surface area contributed by atoms with Crippen molar-refractivity contribution in [1.82, 2.24) is 5.43 Å². The minimum atomic E-state index is 0.0930. The van der Waals surface area contributed by atoms with Crippen LogP contribution < -0.4 is 16.0 Å². The number of nitrogens with one attached hydrogen (secondary N) is 1. The lowest BCUT2D eigenvalue weighted by Crippen LogP contribution is -2.29. The van der Waals surface area contributed by atoms with Gasteiger partial charge in [0.25, 0.3) is 0 Å². The van der Waals surface area contributed by atoms with Gasteiger partial charge in [-0.05, 0) is 49.4 Å². The van der Waals surface area contributed by atoms with E-state index >= 15 is 0 Å². The number of nitrogens with two attached hydrogens (primary N) is 1. The predicted octanol–water partition coefficient (Wildman–Crippen LogP) is 3.28. The number of hydrogen-bond donors (Lipinski definition) is 2. The molecular formula is C18H22N2O. The van der Waals surface area contributed by atoms with E-state index in [4.69, 9.17) is 10.6 Å². The monoisotopic (exact) mass is 282 g/mol. The van der Waals surface area contributed by atoms with E-state index in [-0.39, 0.29) is 6.04 Å². The first-order valence-corrected chi connectivity index (χ1v) is 7.53. The highest BCUT2D eigenvalue weighted by molar-refractivity contribution is 5.32. The summed E-state index contributed by atoms with van der Waals surface area (Å²) < 4.78 is 5.86. The lowest BCUT2D eigenvalue weighted by Gasteiger charge is -2.17. The lowest BCUT2D eigenvalue weighted by molar-refractivity contribution is 0.302. The molecule has 3 N–H and O–H groups in total. The van der Waals surface area contributed by atoms with Crippen LogP contribution in [-0.2, 0) is 6.42 Å². The van der Waals surface area contributed by atoms with Gasteiger partial charge in [0.15, 0.2) is 0 Å². The Morgan fingerprint density at radius 2 is 1.95 bits per heavy atom. The lowest BCUT2D eigenvalue weighted by atomic mass is 9.98. The number of aryl methyl sites for hydroxylation is 1. The second-order valence-electron chi connectivity index (χ2n) is 5.80. The van der Waals surface area contributed by atoms with Crippen molar-refractivity contribution in [2.45, 2.75) is 38.3 Å². The third-order valence-electron chi connectivity index (χ3n) is 3.85.